The normalized spacial score (nSPS) is 13.5. The molecule has 96 valence electrons. The second kappa shape index (κ2) is 7.03. The molecule has 5 heteroatoms. The lowest BCUT2D eigenvalue weighted by molar-refractivity contribution is 0.289. The molecule has 1 aromatic carbocycles. The van der Waals surface area contributed by atoms with Crippen molar-refractivity contribution in [3.63, 3.8) is 0 Å². The van der Waals surface area contributed by atoms with Crippen LogP contribution >= 0.6 is 11.8 Å². The summed E-state index contributed by atoms with van der Waals surface area (Å²) in [6.07, 6.45) is 0.704. The molecule has 0 radical (unpaired) electrons. The molecule has 0 aliphatic rings. The number of hydrogen-bond donors (Lipinski definition) is 1. The number of aliphatic hydroxyl groups excluding tert-OH is 1. The summed E-state index contributed by atoms with van der Waals surface area (Å²) in [6.45, 7) is 2.15. The first-order valence-electron chi connectivity index (χ1n) is 5.56. The van der Waals surface area contributed by atoms with E-state index < -0.39 is 9.84 Å². The molecule has 0 heterocycles. The van der Waals surface area contributed by atoms with Gasteiger partial charge in [0, 0.05) is 17.6 Å². The topological polar surface area (TPSA) is 54.4 Å². The minimum Gasteiger partial charge on any atom is -0.396 e. The quantitative estimate of drug-likeness (QED) is 0.826. The van der Waals surface area contributed by atoms with Crippen molar-refractivity contribution < 1.29 is 13.5 Å². The fraction of sp³-hybridized carbons (Fsp3) is 0.500. The Labute approximate surface area is 107 Å². The lowest BCUT2D eigenvalue weighted by Crippen LogP contribution is -2.11. The van der Waals surface area contributed by atoms with E-state index in [-0.39, 0.29) is 12.4 Å². The molecular weight excluding hydrogens is 256 g/mol. The Morgan fingerprint density at radius 3 is 2.53 bits per heavy atom. The van der Waals surface area contributed by atoms with Crippen molar-refractivity contribution in [3.05, 3.63) is 30.3 Å². The van der Waals surface area contributed by atoms with Crippen LogP contribution < -0.4 is 0 Å². The van der Waals surface area contributed by atoms with Crippen LogP contribution in [0.3, 0.4) is 0 Å². The second-order valence-corrected chi connectivity index (χ2v) is 7.48. The summed E-state index contributed by atoms with van der Waals surface area (Å²) in [7, 11) is -3.15. The molecule has 3 nitrogen and oxygen atoms in total. The van der Waals surface area contributed by atoms with Crippen molar-refractivity contribution in [2.75, 3.05) is 18.1 Å². The average molecular weight is 274 g/mol. The molecule has 1 unspecified atom stereocenters. The van der Waals surface area contributed by atoms with E-state index in [9.17, 15) is 8.42 Å². The van der Waals surface area contributed by atoms with E-state index in [0.717, 1.165) is 0 Å². The van der Waals surface area contributed by atoms with Gasteiger partial charge in [-0.05, 0) is 18.6 Å². The van der Waals surface area contributed by atoms with Gasteiger partial charge in [0.15, 0.2) is 9.84 Å². The van der Waals surface area contributed by atoms with Crippen molar-refractivity contribution >= 4 is 21.6 Å². The van der Waals surface area contributed by atoms with Gasteiger partial charge < -0.3 is 5.11 Å². The minimum absolute atomic E-state index is 0.150. The van der Waals surface area contributed by atoms with E-state index in [4.69, 9.17) is 5.11 Å². The monoisotopic (exact) mass is 274 g/mol. The zero-order valence-electron chi connectivity index (χ0n) is 9.87. The zero-order chi connectivity index (χ0) is 12.7. The molecule has 0 spiro atoms. The summed E-state index contributed by atoms with van der Waals surface area (Å²) in [5.41, 5.74) is 0. The third-order valence-corrected chi connectivity index (χ3v) is 5.63. The maximum absolute atomic E-state index is 11.9. The molecular formula is C12H18O3S2. The number of aliphatic hydroxyl groups is 1. The number of sulfone groups is 1. The SMILES string of the molecule is CC(CCO)SCCS(=O)(=O)c1ccccc1. The molecule has 0 bridgehead atoms. The molecule has 0 fully saturated rings. The van der Waals surface area contributed by atoms with E-state index in [2.05, 4.69) is 0 Å². The summed E-state index contributed by atoms with van der Waals surface area (Å²) >= 11 is 1.58. The Bertz CT molecular complexity index is 415. The highest BCUT2D eigenvalue weighted by atomic mass is 32.2. The third kappa shape index (κ3) is 5.10. The van der Waals surface area contributed by atoms with E-state index in [0.29, 0.717) is 22.3 Å². The van der Waals surface area contributed by atoms with Gasteiger partial charge in [0.25, 0.3) is 0 Å². The first kappa shape index (κ1) is 14.5. The number of hydrogen-bond acceptors (Lipinski definition) is 4. The molecule has 0 amide bonds. The van der Waals surface area contributed by atoms with Crippen molar-refractivity contribution in [1.29, 1.82) is 0 Å². The predicted octanol–water partition coefficient (Wildman–Crippen LogP) is 1.96. The molecule has 1 aromatic rings. The summed E-state index contributed by atoms with van der Waals surface area (Å²) in [6, 6.07) is 8.51. The third-order valence-electron chi connectivity index (χ3n) is 2.39. The number of benzene rings is 1. The van der Waals surface area contributed by atoms with Crippen LogP contribution in [0.4, 0.5) is 0 Å². The molecule has 1 N–H and O–H groups in total. The van der Waals surface area contributed by atoms with Gasteiger partial charge in [0.05, 0.1) is 10.6 Å². The fourth-order valence-corrected chi connectivity index (χ4v) is 4.11. The smallest absolute Gasteiger partial charge is 0.179 e. The molecule has 17 heavy (non-hydrogen) atoms. The maximum atomic E-state index is 11.9. The standard InChI is InChI=1S/C12H18O3S2/c1-11(7-8-13)16-9-10-17(14,15)12-5-3-2-4-6-12/h2-6,11,13H,7-10H2,1H3. The zero-order valence-corrected chi connectivity index (χ0v) is 11.5. The lowest BCUT2D eigenvalue weighted by Gasteiger charge is -2.09. The second-order valence-electron chi connectivity index (χ2n) is 3.83. The van der Waals surface area contributed by atoms with Crippen LogP contribution in [0.1, 0.15) is 13.3 Å². The van der Waals surface area contributed by atoms with Crippen molar-refractivity contribution in [3.8, 4) is 0 Å². The van der Waals surface area contributed by atoms with Gasteiger partial charge in [-0.25, -0.2) is 8.42 Å². The van der Waals surface area contributed by atoms with E-state index in [1.807, 2.05) is 6.92 Å². The van der Waals surface area contributed by atoms with Crippen molar-refractivity contribution in [2.45, 2.75) is 23.5 Å². The highest BCUT2D eigenvalue weighted by Gasteiger charge is 2.14. The van der Waals surface area contributed by atoms with E-state index in [1.54, 1.807) is 42.1 Å². The van der Waals surface area contributed by atoms with Crippen LogP contribution in [0.15, 0.2) is 35.2 Å². The minimum atomic E-state index is -3.15. The summed E-state index contributed by atoms with van der Waals surface area (Å²) in [4.78, 5) is 0.385. The van der Waals surface area contributed by atoms with Crippen LogP contribution in [0, 0.1) is 0 Å². The first-order chi connectivity index (χ1) is 8.06. The van der Waals surface area contributed by atoms with Gasteiger partial charge in [0.2, 0.25) is 0 Å². The van der Waals surface area contributed by atoms with Crippen LogP contribution in [0.2, 0.25) is 0 Å². The summed E-state index contributed by atoms with van der Waals surface area (Å²) in [5.74, 6) is 0.718. The summed E-state index contributed by atoms with van der Waals surface area (Å²) < 4.78 is 23.8. The van der Waals surface area contributed by atoms with Crippen LogP contribution in [-0.2, 0) is 9.84 Å². The molecule has 0 aromatic heterocycles. The van der Waals surface area contributed by atoms with Gasteiger partial charge in [-0.15, -0.1) is 0 Å². The highest BCUT2D eigenvalue weighted by molar-refractivity contribution is 8.01. The van der Waals surface area contributed by atoms with Gasteiger partial charge in [-0.2, -0.15) is 11.8 Å². The highest BCUT2D eigenvalue weighted by Crippen LogP contribution is 2.17. The lowest BCUT2D eigenvalue weighted by atomic mass is 10.3. The van der Waals surface area contributed by atoms with Gasteiger partial charge in [-0.1, -0.05) is 25.1 Å². The van der Waals surface area contributed by atoms with Gasteiger partial charge in [0.1, 0.15) is 0 Å². The molecule has 0 aliphatic heterocycles. The van der Waals surface area contributed by atoms with Gasteiger partial charge in [-0.3, -0.25) is 0 Å². The van der Waals surface area contributed by atoms with Crippen LogP contribution in [0.5, 0.6) is 0 Å². The van der Waals surface area contributed by atoms with Crippen LogP contribution in [0.25, 0.3) is 0 Å². The van der Waals surface area contributed by atoms with Gasteiger partial charge >= 0.3 is 0 Å². The van der Waals surface area contributed by atoms with E-state index >= 15 is 0 Å². The molecule has 0 saturated heterocycles. The largest absolute Gasteiger partial charge is 0.396 e. The molecule has 0 aliphatic carbocycles. The Morgan fingerprint density at radius 1 is 1.29 bits per heavy atom. The molecule has 0 saturated carbocycles. The average Bonchev–Trinajstić information content (AvgIpc) is 2.30. The van der Waals surface area contributed by atoms with Crippen LogP contribution in [-0.4, -0.2) is 36.9 Å². The summed E-state index contributed by atoms with van der Waals surface area (Å²) in [5, 5.41) is 9.04. The Kier molecular flexibility index (Phi) is 6.02. The number of rotatable bonds is 7. The predicted molar refractivity (Wildman–Crippen MR) is 72.1 cm³/mol. The maximum Gasteiger partial charge on any atom is 0.179 e. The van der Waals surface area contributed by atoms with Crippen molar-refractivity contribution in [1.82, 2.24) is 0 Å². The Morgan fingerprint density at radius 2 is 1.94 bits per heavy atom. The Balaban J connectivity index is 2.46. The molecule has 1 rings (SSSR count). The number of thioether (sulfide) groups is 1. The first-order valence-corrected chi connectivity index (χ1v) is 8.26. The van der Waals surface area contributed by atoms with E-state index in [1.165, 1.54) is 0 Å². The molecule has 1 atom stereocenters. The van der Waals surface area contributed by atoms with Crippen molar-refractivity contribution in [2.24, 2.45) is 0 Å². The fourth-order valence-electron chi connectivity index (χ4n) is 1.37. The Hall–Kier alpha value is -0.520.